The molecule has 0 aromatic heterocycles. The second-order valence-corrected chi connectivity index (χ2v) is 5.30. The molecular formula is C16H22O5. The molecule has 0 saturated heterocycles. The van der Waals surface area contributed by atoms with E-state index in [1.54, 1.807) is 45.0 Å². The van der Waals surface area contributed by atoms with Gasteiger partial charge in [-0.25, -0.2) is 0 Å². The van der Waals surface area contributed by atoms with Gasteiger partial charge in [-0.3, -0.25) is 9.59 Å². The molecule has 2 N–H and O–H groups in total. The Kier molecular flexibility index (Phi) is 5.90. The van der Waals surface area contributed by atoms with E-state index in [1.165, 1.54) is 0 Å². The summed E-state index contributed by atoms with van der Waals surface area (Å²) >= 11 is 0. The predicted octanol–water partition coefficient (Wildman–Crippen LogP) is 2.01. The summed E-state index contributed by atoms with van der Waals surface area (Å²) in [4.78, 5) is 24.0. The minimum absolute atomic E-state index is 0.0601. The van der Waals surface area contributed by atoms with Crippen molar-refractivity contribution in [1.29, 1.82) is 0 Å². The van der Waals surface area contributed by atoms with Crippen LogP contribution in [0.25, 0.3) is 0 Å². The van der Waals surface area contributed by atoms with Crippen molar-refractivity contribution in [2.45, 2.75) is 33.8 Å². The van der Waals surface area contributed by atoms with Crippen LogP contribution >= 0.6 is 0 Å². The average Bonchev–Trinajstić information content (AvgIpc) is 2.44. The Hall–Kier alpha value is -1.88. The van der Waals surface area contributed by atoms with Gasteiger partial charge in [-0.1, -0.05) is 38.1 Å². The number of hydrogen-bond acceptors (Lipinski definition) is 4. The van der Waals surface area contributed by atoms with Crippen molar-refractivity contribution in [3.8, 4) is 0 Å². The zero-order valence-electron chi connectivity index (χ0n) is 12.6. The van der Waals surface area contributed by atoms with Crippen LogP contribution in [0.3, 0.4) is 0 Å². The number of aliphatic carboxylic acids is 1. The predicted molar refractivity (Wildman–Crippen MR) is 77.6 cm³/mol. The largest absolute Gasteiger partial charge is 0.480 e. The number of carboxylic acids is 1. The highest BCUT2D eigenvalue weighted by atomic mass is 16.5. The molecule has 0 aliphatic rings. The number of carboxylic acid groups (broad SMARTS) is 1. The molecule has 0 spiro atoms. The summed E-state index contributed by atoms with van der Waals surface area (Å²) in [5.74, 6) is -2.30. The molecule has 1 unspecified atom stereocenters. The number of carbonyl (C=O) groups excluding carboxylic acids is 1. The molecule has 0 radical (unpaired) electrons. The first-order chi connectivity index (χ1) is 9.88. The number of hydrogen-bond donors (Lipinski definition) is 2. The lowest BCUT2D eigenvalue weighted by atomic mass is 9.72. The first-order valence-corrected chi connectivity index (χ1v) is 6.97. The number of carbonyl (C=O) groups is 2. The van der Waals surface area contributed by atoms with Gasteiger partial charge in [0.05, 0.1) is 13.2 Å². The van der Waals surface area contributed by atoms with E-state index in [0.717, 1.165) is 11.1 Å². The fourth-order valence-electron chi connectivity index (χ4n) is 2.27. The zero-order valence-corrected chi connectivity index (χ0v) is 12.6. The van der Waals surface area contributed by atoms with Crippen molar-refractivity contribution in [3.05, 3.63) is 35.4 Å². The first kappa shape index (κ1) is 17.2. The Morgan fingerprint density at radius 3 is 2.10 bits per heavy atom. The summed E-state index contributed by atoms with van der Waals surface area (Å²) in [7, 11) is 0. The van der Waals surface area contributed by atoms with Gasteiger partial charge >= 0.3 is 11.9 Å². The minimum Gasteiger partial charge on any atom is -0.480 e. The maximum absolute atomic E-state index is 12.2. The minimum atomic E-state index is -1.60. The summed E-state index contributed by atoms with van der Waals surface area (Å²) in [6, 6.07) is 6.89. The van der Waals surface area contributed by atoms with Crippen molar-refractivity contribution in [2.24, 2.45) is 11.3 Å². The Bertz CT molecular complexity index is 492. The summed E-state index contributed by atoms with van der Waals surface area (Å²) in [6.07, 6.45) is 0.0601. The lowest BCUT2D eigenvalue weighted by molar-refractivity contribution is -0.172. The second kappa shape index (κ2) is 7.22. The van der Waals surface area contributed by atoms with Crippen LogP contribution in [0.5, 0.6) is 0 Å². The van der Waals surface area contributed by atoms with E-state index in [0.29, 0.717) is 0 Å². The molecule has 1 atom stereocenters. The van der Waals surface area contributed by atoms with Gasteiger partial charge in [0, 0.05) is 0 Å². The van der Waals surface area contributed by atoms with Crippen molar-refractivity contribution in [1.82, 2.24) is 0 Å². The molecule has 0 heterocycles. The maximum Gasteiger partial charge on any atom is 0.324 e. The molecule has 0 fully saturated rings. The van der Waals surface area contributed by atoms with Gasteiger partial charge in [0.1, 0.15) is 0 Å². The van der Waals surface area contributed by atoms with Crippen LogP contribution in [0, 0.1) is 11.3 Å². The molecule has 1 rings (SSSR count). The van der Waals surface area contributed by atoms with Crippen molar-refractivity contribution in [2.75, 3.05) is 6.61 Å². The highest BCUT2D eigenvalue weighted by molar-refractivity contribution is 5.99. The molecule has 5 nitrogen and oxygen atoms in total. The fraction of sp³-hybridized carbons (Fsp3) is 0.500. The molecule has 116 valence electrons. The molecule has 0 aliphatic heterocycles. The number of aliphatic hydroxyl groups is 1. The maximum atomic E-state index is 12.2. The standard InChI is InChI=1S/C16H22O5/c1-4-21-15(20)16(11(2)3,14(18)19)9-12-5-7-13(10-17)8-6-12/h5-8,11,17H,4,9-10H2,1-3H3,(H,18,19). The number of ether oxygens (including phenoxy) is 1. The zero-order chi connectivity index (χ0) is 16.0. The Labute approximate surface area is 124 Å². The molecule has 5 heteroatoms. The smallest absolute Gasteiger partial charge is 0.324 e. The Balaban J connectivity index is 3.16. The SMILES string of the molecule is CCOC(=O)C(Cc1ccc(CO)cc1)(C(=O)O)C(C)C. The van der Waals surface area contributed by atoms with E-state index in [4.69, 9.17) is 9.84 Å². The van der Waals surface area contributed by atoms with E-state index in [2.05, 4.69) is 0 Å². The summed E-state index contributed by atoms with van der Waals surface area (Å²) in [5, 5.41) is 18.6. The number of benzene rings is 1. The van der Waals surface area contributed by atoms with Crippen LogP contribution in [0.2, 0.25) is 0 Å². The second-order valence-electron chi connectivity index (χ2n) is 5.30. The van der Waals surface area contributed by atoms with Crippen LogP contribution in [0.15, 0.2) is 24.3 Å². The monoisotopic (exact) mass is 294 g/mol. The van der Waals surface area contributed by atoms with Gasteiger partial charge in [-0.15, -0.1) is 0 Å². The molecule has 0 bridgehead atoms. The van der Waals surface area contributed by atoms with Crippen LogP contribution in [0.4, 0.5) is 0 Å². The highest BCUT2D eigenvalue weighted by Gasteiger charge is 2.50. The number of aliphatic hydroxyl groups excluding tert-OH is 1. The quantitative estimate of drug-likeness (QED) is 0.593. The van der Waals surface area contributed by atoms with E-state index < -0.39 is 23.3 Å². The average molecular weight is 294 g/mol. The van der Waals surface area contributed by atoms with Gasteiger partial charge in [0.15, 0.2) is 5.41 Å². The van der Waals surface area contributed by atoms with E-state index in [-0.39, 0.29) is 19.6 Å². The molecule has 21 heavy (non-hydrogen) atoms. The fourth-order valence-corrected chi connectivity index (χ4v) is 2.27. The third kappa shape index (κ3) is 3.61. The third-order valence-corrected chi connectivity index (χ3v) is 3.70. The van der Waals surface area contributed by atoms with Gasteiger partial charge in [0.2, 0.25) is 0 Å². The van der Waals surface area contributed by atoms with Crippen molar-refractivity contribution in [3.63, 3.8) is 0 Å². The topological polar surface area (TPSA) is 83.8 Å². The van der Waals surface area contributed by atoms with Gasteiger partial charge < -0.3 is 14.9 Å². The van der Waals surface area contributed by atoms with Crippen LogP contribution in [0.1, 0.15) is 31.9 Å². The number of esters is 1. The molecular weight excluding hydrogens is 272 g/mol. The normalized spacial score (nSPS) is 13.8. The van der Waals surface area contributed by atoms with Crippen molar-refractivity contribution < 1.29 is 24.5 Å². The molecule has 0 amide bonds. The van der Waals surface area contributed by atoms with Crippen LogP contribution in [-0.2, 0) is 27.4 Å². The highest BCUT2D eigenvalue weighted by Crippen LogP contribution is 2.34. The van der Waals surface area contributed by atoms with Crippen molar-refractivity contribution >= 4 is 11.9 Å². The Morgan fingerprint density at radius 2 is 1.71 bits per heavy atom. The summed E-state index contributed by atoms with van der Waals surface area (Å²) in [6.45, 7) is 5.12. The molecule has 1 aromatic rings. The molecule has 0 aliphatic carbocycles. The Morgan fingerprint density at radius 1 is 1.19 bits per heavy atom. The van der Waals surface area contributed by atoms with E-state index in [1.807, 2.05) is 0 Å². The molecule has 0 saturated carbocycles. The van der Waals surface area contributed by atoms with Gasteiger partial charge in [-0.05, 0) is 30.4 Å². The van der Waals surface area contributed by atoms with E-state index in [9.17, 15) is 14.7 Å². The summed E-state index contributed by atoms with van der Waals surface area (Å²) in [5.41, 5.74) is -0.145. The number of rotatable bonds is 7. The van der Waals surface area contributed by atoms with Crippen LogP contribution in [-0.4, -0.2) is 28.8 Å². The van der Waals surface area contributed by atoms with E-state index >= 15 is 0 Å². The van der Waals surface area contributed by atoms with Gasteiger partial charge in [0.25, 0.3) is 0 Å². The lowest BCUT2D eigenvalue weighted by Crippen LogP contribution is -2.46. The van der Waals surface area contributed by atoms with Gasteiger partial charge in [-0.2, -0.15) is 0 Å². The third-order valence-electron chi connectivity index (χ3n) is 3.70. The summed E-state index contributed by atoms with van der Waals surface area (Å²) < 4.78 is 4.99. The van der Waals surface area contributed by atoms with Crippen LogP contribution < -0.4 is 0 Å². The molecule has 1 aromatic carbocycles. The first-order valence-electron chi connectivity index (χ1n) is 6.97. The lowest BCUT2D eigenvalue weighted by Gasteiger charge is -2.31.